The van der Waals surface area contributed by atoms with Crippen LogP contribution in [-0.2, 0) is 4.74 Å². The third-order valence-corrected chi connectivity index (χ3v) is 5.50. The number of nitrogens with two attached hydrogens (primary N) is 1. The molecule has 0 amide bonds. The summed E-state index contributed by atoms with van der Waals surface area (Å²) >= 11 is 0. The number of nitriles is 1. The Morgan fingerprint density at radius 3 is 2.62 bits per heavy atom. The fourth-order valence-corrected chi connectivity index (χ4v) is 4.30. The van der Waals surface area contributed by atoms with Crippen LogP contribution in [0.25, 0.3) is 0 Å². The first-order chi connectivity index (χ1) is 11.6. The van der Waals surface area contributed by atoms with Crippen LogP contribution in [0.5, 0.6) is 0 Å². The van der Waals surface area contributed by atoms with E-state index >= 15 is 0 Å². The fourth-order valence-electron chi connectivity index (χ4n) is 4.30. The fraction of sp³-hybridized carbons (Fsp3) is 0.421. The molecule has 1 aliphatic carbocycles. The molecule has 122 valence electrons. The van der Waals surface area contributed by atoms with Gasteiger partial charge in [-0.15, -0.1) is 0 Å². The molecule has 0 bridgehead atoms. The van der Waals surface area contributed by atoms with Crippen molar-refractivity contribution in [3.05, 3.63) is 47.4 Å². The topological polar surface area (TPSA) is 83.8 Å². The molecule has 2 N–H and O–H groups in total. The van der Waals surface area contributed by atoms with Gasteiger partial charge in [-0.1, -0.05) is 30.3 Å². The van der Waals surface area contributed by atoms with Crippen LogP contribution >= 0.6 is 0 Å². The molecule has 5 heteroatoms. The van der Waals surface area contributed by atoms with Gasteiger partial charge < -0.3 is 10.5 Å². The van der Waals surface area contributed by atoms with E-state index in [9.17, 15) is 5.26 Å². The lowest BCUT2D eigenvalue weighted by molar-refractivity contribution is 0.134. The molecule has 1 unspecified atom stereocenters. The molecule has 1 fully saturated rings. The molecule has 1 aromatic carbocycles. The average Bonchev–Trinajstić information content (AvgIpc) is 2.98. The molecule has 1 spiro atoms. The van der Waals surface area contributed by atoms with Crippen LogP contribution in [-0.4, -0.2) is 17.8 Å². The molecule has 1 saturated carbocycles. The number of allylic oxidation sites excluding steroid dienone is 1. The summed E-state index contributed by atoms with van der Waals surface area (Å²) < 4.78 is 5.64. The van der Waals surface area contributed by atoms with Crippen molar-refractivity contribution in [3.8, 4) is 6.07 Å². The molecular weight excluding hydrogens is 300 g/mol. The van der Waals surface area contributed by atoms with Crippen molar-refractivity contribution in [1.29, 1.82) is 5.26 Å². The van der Waals surface area contributed by atoms with Gasteiger partial charge in [0.05, 0.1) is 11.1 Å². The van der Waals surface area contributed by atoms with Crippen LogP contribution in [0, 0.1) is 16.7 Å². The Kier molecular flexibility index (Phi) is 3.42. The van der Waals surface area contributed by atoms with Gasteiger partial charge in [-0.05, 0) is 44.1 Å². The molecule has 4 rings (SSSR count). The van der Waals surface area contributed by atoms with E-state index in [4.69, 9.17) is 10.5 Å². The smallest absolute Gasteiger partial charge is 0.233 e. The Morgan fingerprint density at radius 2 is 1.96 bits per heavy atom. The molecule has 0 aromatic heterocycles. The number of hydrogen-bond donors (Lipinski definition) is 1. The molecule has 24 heavy (non-hydrogen) atoms. The number of ether oxygens (including phenoxy) is 1. The van der Waals surface area contributed by atoms with Crippen LogP contribution in [0.2, 0.25) is 0 Å². The molecular formula is C19H20N4O. The van der Waals surface area contributed by atoms with Crippen LogP contribution in [0.4, 0.5) is 0 Å². The minimum atomic E-state index is -0.449. The lowest BCUT2D eigenvalue weighted by Gasteiger charge is -2.43. The summed E-state index contributed by atoms with van der Waals surface area (Å²) in [5, 5.41) is 9.69. The third kappa shape index (κ3) is 2.14. The van der Waals surface area contributed by atoms with E-state index < -0.39 is 11.6 Å². The average molecular weight is 320 g/mol. The maximum atomic E-state index is 9.69. The van der Waals surface area contributed by atoms with E-state index in [0.717, 1.165) is 31.4 Å². The lowest BCUT2D eigenvalue weighted by Crippen LogP contribution is -2.47. The first kappa shape index (κ1) is 14.9. The van der Waals surface area contributed by atoms with Gasteiger partial charge in [0.15, 0.2) is 0 Å². The van der Waals surface area contributed by atoms with E-state index in [2.05, 4.69) is 40.3 Å². The summed E-state index contributed by atoms with van der Waals surface area (Å²) in [6.07, 6.45) is 3.28. The second-order valence-corrected chi connectivity index (χ2v) is 6.76. The van der Waals surface area contributed by atoms with Gasteiger partial charge in [0.1, 0.15) is 17.5 Å². The predicted molar refractivity (Wildman–Crippen MR) is 92.3 cm³/mol. The van der Waals surface area contributed by atoms with Gasteiger partial charge >= 0.3 is 0 Å². The molecule has 5 nitrogen and oxygen atoms in total. The zero-order valence-corrected chi connectivity index (χ0v) is 13.7. The second-order valence-electron chi connectivity index (χ2n) is 6.76. The predicted octanol–water partition coefficient (Wildman–Crippen LogP) is 3.25. The van der Waals surface area contributed by atoms with Gasteiger partial charge in [0.25, 0.3) is 0 Å². The Hall–Kier alpha value is -2.61. The van der Waals surface area contributed by atoms with Crippen molar-refractivity contribution in [2.24, 2.45) is 21.1 Å². The number of aliphatic imine (C=N–C) groups is 2. The van der Waals surface area contributed by atoms with E-state index in [1.807, 2.05) is 13.0 Å². The maximum Gasteiger partial charge on any atom is 0.233 e. The standard InChI is InChI=1S/C19H20N4O/c1-12-22-16-18(23-12)24-17(21)15(11-20)19(16)9-7-14(8-10-19)13-5-3-2-4-6-13/h2-6,14,18H,7-10,21H2,1H3. The third-order valence-electron chi connectivity index (χ3n) is 5.50. The van der Waals surface area contributed by atoms with Crippen LogP contribution in [0.1, 0.15) is 44.1 Å². The monoisotopic (exact) mass is 320 g/mol. The molecule has 3 aliphatic rings. The Morgan fingerprint density at radius 1 is 1.25 bits per heavy atom. The minimum Gasteiger partial charge on any atom is -0.447 e. The highest BCUT2D eigenvalue weighted by Crippen LogP contribution is 2.52. The Labute approximate surface area is 141 Å². The van der Waals surface area contributed by atoms with Gasteiger partial charge in [0, 0.05) is 0 Å². The van der Waals surface area contributed by atoms with E-state index in [-0.39, 0.29) is 5.88 Å². The van der Waals surface area contributed by atoms with Crippen LogP contribution in [0.15, 0.2) is 51.8 Å². The first-order valence-corrected chi connectivity index (χ1v) is 8.39. The Bertz CT molecular complexity index is 792. The quantitative estimate of drug-likeness (QED) is 0.862. The normalized spacial score (nSPS) is 31.8. The van der Waals surface area contributed by atoms with Gasteiger partial charge in [-0.25, -0.2) is 9.98 Å². The van der Waals surface area contributed by atoms with Crippen LogP contribution in [0.3, 0.4) is 0 Å². The molecule has 1 aromatic rings. The molecule has 0 radical (unpaired) electrons. The molecule has 2 heterocycles. The molecule has 1 atom stereocenters. The van der Waals surface area contributed by atoms with Gasteiger partial charge in [0.2, 0.25) is 12.1 Å². The number of rotatable bonds is 1. The highest BCUT2D eigenvalue weighted by Gasteiger charge is 2.52. The zero-order chi connectivity index (χ0) is 16.7. The Balaban J connectivity index is 1.68. The summed E-state index contributed by atoms with van der Waals surface area (Å²) in [6.45, 7) is 1.86. The van der Waals surface area contributed by atoms with E-state index in [0.29, 0.717) is 17.3 Å². The molecule has 2 aliphatic heterocycles. The highest BCUT2D eigenvalue weighted by atomic mass is 16.5. The summed E-state index contributed by atoms with van der Waals surface area (Å²) in [6, 6.07) is 12.9. The highest BCUT2D eigenvalue weighted by molar-refractivity contribution is 6.09. The van der Waals surface area contributed by atoms with Crippen molar-refractivity contribution < 1.29 is 4.74 Å². The number of amidine groups is 1. The summed E-state index contributed by atoms with van der Waals surface area (Å²) in [7, 11) is 0. The SMILES string of the molecule is CC1=NC2OC(N)=C(C#N)C3(CCC(c4ccccc4)CC3)C2=N1. The second kappa shape index (κ2) is 5.48. The number of benzene rings is 1. The largest absolute Gasteiger partial charge is 0.447 e. The summed E-state index contributed by atoms with van der Waals surface area (Å²) in [4.78, 5) is 9.04. The van der Waals surface area contributed by atoms with Gasteiger partial charge in [-0.2, -0.15) is 5.26 Å². The zero-order valence-electron chi connectivity index (χ0n) is 13.7. The molecule has 0 saturated heterocycles. The number of hydrogen-bond acceptors (Lipinski definition) is 5. The van der Waals surface area contributed by atoms with Crippen molar-refractivity contribution in [1.82, 2.24) is 0 Å². The van der Waals surface area contributed by atoms with Gasteiger partial charge in [-0.3, -0.25) is 0 Å². The lowest BCUT2D eigenvalue weighted by atomic mass is 9.62. The minimum absolute atomic E-state index is 0.220. The van der Waals surface area contributed by atoms with Crippen molar-refractivity contribution in [2.45, 2.75) is 44.8 Å². The van der Waals surface area contributed by atoms with E-state index in [1.165, 1.54) is 5.56 Å². The van der Waals surface area contributed by atoms with Crippen molar-refractivity contribution in [2.75, 3.05) is 0 Å². The van der Waals surface area contributed by atoms with E-state index in [1.54, 1.807) is 0 Å². The number of nitrogens with zero attached hydrogens (tertiary/aromatic N) is 3. The van der Waals surface area contributed by atoms with Crippen molar-refractivity contribution in [3.63, 3.8) is 0 Å². The number of fused-ring (bicyclic) bond motifs is 2. The summed E-state index contributed by atoms with van der Waals surface area (Å²) in [5.74, 6) is 1.44. The van der Waals surface area contributed by atoms with Crippen LogP contribution < -0.4 is 5.73 Å². The summed E-state index contributed by atoms with van der Waals surface area (Å²) in [5.41, 5.74) is 8.42. The first-order valence-electron chi connectivity index (χ1n) is 8.39. The van der Waals surface area contributed by atoms with Crippen molar-refractivity contribution >= 4 is 11.5 Å². The maximum absolute atomic E-state index is 9.69.